The Morgan fingerprint density at radius 3 is 2.45 bits per heavy atom. The summed E-state index contributed by atoms with van der Waals surface area (Å²) < 4.78 is 15.8. The van der Waals surface area contributed by atoms with Crippen LogP contribution in [0.5, 0.6) is 0 Å². The van der Waals surface area contributed by atoms with Gasteiger partial charge in [-0.05, 0) is 32.3 Å². The predicted octanol–water partition coefficient (Wildman–Crippen LogP) is 5.74. The molecule has 0 aliphatic heterocycles. The van der Waals surface area contributed by atoms with Crippen molar-refractivity contribution in [3.63, 3.8) is 0 Å². The van der Waals surface area contributed by atoms with Crippen LogP contribution in [0, 0.1) is 11.7 Å². The Balaban J connectivity index is 2.64. The van der Waals surface area contributed by atoms with Crippen LogP contribution < -0.4 is 0 Å². The van der Waals surface area contributed by atoms with Crippen molar-refractivity contribution in [3.05, 3.63) is 28.8 Å². The van der Waals surface area contributed by atoms with Crippen LogP contribution >= 0.6 is 23.2 Å². The summed E-state index contributed by atoms with van der Waals surface area (Å²) in [6.07, 6.45) is 0.978. The van der Waals surface area contributed by atoms with E-state index in [-0.39, 0.29) is 16.4 Å². The Bertz CT molecular complexity index is 620. The van der Waals surface area contributed by atoms with E-state index in [1.54, 1.807) is 6.07 Å². The summed E-state index contributed by atoms with van der Waals surface area (Å²) >= 11 is 12.1. The molecule has 0 aliphatic carbocycles. The predicted molar refractivity (Wildman–Crippen MR) is 83.1 cm³/mol. The largest absolute Gasteiger partial charge is 0.324 e. The van der Waals surface area contributed by atoms with Gasteiger partial charge in [-0.3, -0.25) is 0 Å². The molecule has 20 heavy (non-hydrogen) atoms. The summed E-state index contributed by atoms with van der Waals surface area (Å²) in [6.45, 7) is 8.31. The standard InChI is InChI=1S/C15H19Cl2FN2/c1-8(2)5-9(3)20-14-7-12(18)11(17)6-13(14)19-15(20)10(4)16/h6-10H,5H2,1-4H3. The summed E-state index contributed by atoms with van der Waals surface area (Å²) in [5.41, 5.74) is 1.44. The smallest absolute Gasteiger partial charge is 0.144 e. The maximum Gasteiger partial charge on any atom is 0.144 e. The van der Waals surface area contributed by atoms with Crippen LogP contribution in [0.15, 0.2) is 12.1 Å². The van der Waals surface area contributed by atoms with E-state index in [1.807, 2.05) is 11.5 Å². The molecule has 2 unspecified atom stereocenters. The minimum absolute atomic E-state index is 0.0902. The lowest BCUT2D eigenvalue weighted by atomic mass is 10.0. The minimum atomic E-state index is -0.425. The molecule has 2 aromatic rings. The normalized spacial score (nSPS) is 15.0. The molecule has 2 rings (SSSR count). The number of imidazole rings is 1. The highest BCUT2D eigenvalue weighted by molar-refractivity contribution is 6.31. The highest BCUT2D eigenvalue weighted by Crippen LogP contribution is 2.32. The molecule has 0 saturated carbocycles. The molecule has 0 N–H and O–H groups in total. The van der Waals surface area contributed by atoms with Crippen molar-refractivity contribution in [3.8, 4) is 0 Å². The molecule has 0 radical (unpaired) electrons. The Hall–Kier alpha value is -0.800. The zero-order valence-corrected chi connectivity index (χ0v) is 13.6. The van der Waals surface area contributed by atoms with E-state index < -0.39 is 5.82 Å². The lowest BCUT2D eigenvalue weighted by Crippen LogP contribution is -2.12. The fourth-order valence-electron chi connectivity index (χ4n) is 2.64. The summed E-state index contributed by atoms with van der Waals surface area (Å²) in [5.74, 6) is 0.875. The second-order valence-electron chi connectivity index (χ2n) is 5.69. The van der Waals surface area contributed by atoms with Gasteiger partial charge in [0.2, 0.25) is 0 Å². The SMILES string of the molecule is CC(C)CC(C)n1c(C(C)Cl)nc2cc(Cl)c(F)cc21. The second kappa shape index (κ2) is 5.90. The van der Waals surface area contributed by atoms with Gasteiger partial charge in [-0.2, -0.15) is 0 Å². The van der Waals surface area contributed by atoms with Crippen molar-refractivity contribution in [2.45, 2.75) is 45.5 Å². The van der Waals surface area contributed by atoms with E-state index in [2.05, 4.69) is 25.8 Å². The monoisotopic (exact) mass is 316 g/mol. The Morgan fingerprint density at radius 1 is 1.25 bits per heavy atom. The molecular formula is C15H19Cl2FN2. The number of fused-ring (bicyclic) bond motifs is 1. The van der Waals surface area contributed by atoms with Gasteiger partial charge in [-0.15, -0.1) is 11.6 Å². The lowest BCUT2D eigenvalue weighted by Gasteiger charge is -2.20. The van der Waals surface area contributed by atoms with Crippen LogP contribution in [0.3, 0.4) is 0 Å². The minimum Gasteiger partial charge on any atom is -0.324 e. The van der Waals surface area contributed by atoms with Crippen molar-refractivity contribution in [2.24, 2.45) is 5.92 Å². The number of benzene rings is 1. The fraction of sp³-hybridized carbons (Fsp3) is 0.533. The summed E-state index contributed by atoms with van der Waals surface area (Å²) in [7, 11) is 0. The molecule has 0 bridgehead atoms. The van der Waals surface area contributed by atoms with Gasteiger partial charge in [-0.25, -0.2) is 9.37 Å². The molecule has 2 atom stereocenters. The van der Waals surface area contributed by atoms with Crippen LogP contribution in [0.25, 0.3) is 11.0 Å². The molecule has 1 aromatic heterocycles. The van der Waals surface area contributed by atoms with Crippen LogP contribution in [0.4, 0.5) is 4.39 Å². The van der Waals surface area contributed by atoms with Gasteiger partial charge in [0.15, 0.2) is 0 Å². The van der Waals surface area contributed by atoms with Gasteiger partial charge in [0.05, 0.1) is 21.4 Å². The maximum absolute atomic E-state index is 13.8. The molecule has 1 heterocycles. The van der Waals surface area contributed by atoms with Gasteiger partial charge in [-0.1, -0.05) is 25.4 Å². The third kappa shape index (κ3) is 2.94. The Morgan fingerprint density at radius 2 is 1.90 bits per heavy atom. The van der Waals surface area contributed by atoms with E-state index in [0.29, 0.717) is 11.4 Å². The fourth-order valence-corrected chi connectivity index (χ4v) is 2.95. The average molecular weight is 317 g/mol. The highest BCUT2D eigenvalue weighted by Gasteiger charge is 2.21. The second-order valence-corrected chi connectivity index (χ2v) is 6.75. The Kier molecular flexibility index (Phi) is 4.60. The van der Waals surface area contributed by atoms with Crippen LogP contribution in [0.2, 0.25) is 5.02 Å². The first-order chi connectivity index (χ1) is 9.31. The van der Waals surface area contributed by atoms with Gasteiger partial charge < -0.3 is 4.57 Å². The first-order valence-corrected chi connectivity index (χ1v) is 7.63. The van der Waals surface area contributed by atoms with E-state index in [9.17, 15) is 4.39 Å². The number of hydrogen-bond donors (Lipinski definition) is 0. The Labute approximate surface area is 128 Å². The molecule has 0 amide bonds. The van der Waals surface area contributed by atoms with Crippen LogP contribution in [0.1, 0.15) is 51.4 Å². The number of rotatable bonds is 4. The van der Waals surface area contributed by atoms with Crippen molar-refractivity contribution in [1.29, 1.82) is 0 Å². The molecular weight excluding hydrogens is 298 g/mol. The summed E-state index contributed by atoms with van der Waals surface area (Å²) in [5, 5.41) is -0.147. The molecule has 110 valence electrons. The van der Waals surface area contributed by atoms with Gasteiger partial charge in [0.25, 0.3) is 0 Å². The number of nitrogens with zero attached hydrogens (tertiary/aromatic N) is 2. The molecule has 0 aliphatic rings. The summed E-state index contributed by atoms with van der Waals surface area (Å²) in [6, 6.07) is 3.22. The van der Waals surface area contributed by atoms with Gasteiger partial charge in [0, 0.05) is 12.1 Å². The van der Waals surface area contributed by atoms with Crippen molar-refractivity contribution in [2.75, 3.05) is 0 Å². The van der Waals surface area contributed by atoms with E-state index in [0.717, 1.165) is 17.8 Å². The maximum atomic E-state index is 13.8. The molecule has 0 saturated heterocycles. The number of hydrogen-bond acceptors (Lipinski definition) is 1. The van der Waals surface area contributed by atoms with Crippen LogP contribution in [-0.4, -0.2) is 9.55 Å². The molecule has 1 aromatic carbocycles. The van der Waals surface area contributed by atoms with Gasteiger partial charge >= 0.3 is 0 Å². The zero-order chi connectivity index (χ0) is 15.0. The lowest BCUT2D eigenvalue weighted by molar-refractivity contribution is 0.425. The highest BCUT2D eigenvalue weighted by atomic mass is 35.5. The molecule has 2 nitrogen and oxygen atoms in total. The number of halogens is 3. The quantitative estimate of drug-likeness (QED) is 0.658. The molecule has 5 heteroatoms. The third-order valence-electron chi connectivity index (χ3n) is 3.37. The summed E-state index contributed by atoms with van der Waals surface area (Å²) in [4.78, 5) is 4.52. The number of aromatic nitrogens is 2. The van der Waals surface area contributed by atoms with Crippen molar-refractivity contribution in [1.82, 2.24) is 9.55 Å². The average Bonchev–Trinajstić information content (AvgIpc) is 2.67. The van der Waals surface area contributed by atoms with Crippen LogP contribution in [-0.2, 0) is 0 Å². The molecule has 0 fully saturated rings. The topological polar surface area (TPSA) is 17.8 Å². The van der Waals surface area contributed by atoms with E-state index >= 15 is 0 Å². The third-order valence-corrected chi connectivity index (χ3v) is 3.85. The van der Waals surface area contributed by atoms with Gasteiger partial charge in [0.1, 0.15) is 11.6 Å². The first kappa shape index (κ1) is 15.6. The first-order valence-electron chi connectivity index (χ1n) is 6.82. The molecule has 0 spiro atoms. The van der Waals surface area contributed by atoms with E-state index in [1.165, 1.54) is 6.07 Å². The zero-order valence-electron chi connectivity index (χ0n) is 12.1. The number of alkyl halides is 1. The van der Waals surface area contributed by atoms with Crippen molar-refractivity contribution >= 4 is 34.2 Å². The van der Waals surface area contributed by atoms with Crippen molar-refractivity contribution < 1.29 is 4.39 Å². The van der Waals surface area contributed by atoms with E-state index in [4.69, 9.17) is 23.2 Å².